The van der Waals surface area contributed by atoms with Gasteiger partial charge in [-0.2, -0.15) is 0 Å². The van der Waals surface area contributed by atoms with E-state index in [0.717, 1.165) is 11.0 Å². The topological polar surface area (TPSA) is 89.9 Å². The molecule has 1 aromatic rings. The molecule has 1 heterocycles. The molecule has 1 fully saturated rings. The average Bonchev–Trinajstić information content (AvgIpc) is 2.77. The lowest BCUT2D eigenvalue weighted by Gasteiger charge is -2.45. The standard InChI is InChI=1S/C17H21ClF2N2O4/c1-15(2,3)17(7-16(4,26)8-22(17)14(24)25)13(23)21-12-5-9(18)10(19)6-11(12)20/h5-6,26H,7-8H2,1-4H3,(H,21,23)(H,24,25)/t16-,17+/m0/s1. The number of nitrogens with one attached hydrogen (secondary N) is 1. The fourth-order valence-corrected chi connectivity index (χ4v) is 3.63. The summed E-state index contributed by atoms with van der Waals surface area (Å²) in [6.07, 6.45) is -1.57. The number of likely N-dealkylation sites (tertiary alicyclic amines) is 1. The Labute approximate surface area is 154 Å². The highest BCUT2D eigenvalue weighted by Gasteiger charge is 2.63. The quantitative estimate of drug-likeness (QED) is 0.674. The molecule has 2 amide bonds. The van der Waals surface area contributed by atoms with Crippen LogP contribution in [0.2, 0.25) is 5.02 Å². The van der Waals surface area contributed by atoms with E-state index in [1.807, 2.05) is 0 Å². The van der Waals surface area contributed by atoms with E-state index >= 15 is 0 Å². The van der Waals surface area contributed by atoms with Gasteiger partial charge in [-0.15, -0.1) is 0 Å². The molecule has 2 rings (SSSR count). The molecule has 26 heavy (non-hydrogen) atoms. The van der Waals surface area contributed by atoms with Crippen molar-refractivity contribution in [1.29, 1.82) is 0 Å². The molecule has 3 N–H and O–H groups in total. The molecule has 2 atom stereocenters. The normalized spacial score (nSPS) is 26.1. The number of hydrogen-bond acceptors (Lipinski definition) is 3. The van der Waals surface area contributed by atoms with Crippen LogP contribution in [0.1, 0.15) is 34.1 Å². The van der Waals surface area contributed by atoms with Crippen LogP contribution in [0, 0.1) is 17.0 Å². The Kier molecular flexibility index (Phi) is 4.98. The summed E-state index contributed by atoms with van der Waals surface area (Å²) >= 11 is 5.64. The molecule has 0 aromatic heterocycles. The van der Waals surface area contributed by atoms with Crippen molar-refractivity contribution in [2.45, 2.75) is 45.3 Å². The zero-order valence-electron chi connectivity index (χ0n) is 14.9. The summed E-state index contributed by atoms with van der Waals surface area (Å²) < 4.78 is 27.3. The molecule has 0 saturated carbocycles. The first-order chi connectivity index (χ1) is 11.7. The molecular formula is C17H21ClF2N2O4. The van der Waals surface area contributed by atoms with Crippen LogP contribution in [-0.2, 0) is 4.79 Å². The highest BCUT2D eigenvalue weighted by Crippen LogP contribution is 2.48. The molecule has 6 nitrogen and oxygen atoms in total. The summed E-state index contributed by atoms with van der Waals surface area (Å²) in [5.74, 6) is -2.86. The van der Waals surface area contributed by atoms with Gasteiger partial charge in [0, 0.05) is 12.5 Å². The molecule has 1 aromatic carbocycles. The number of aliphatic hydroxyl groups is 1. The highest BCUT2D eigenvalue weighted by molar-refractivity contribution is 6.31. The van der Waals surface area contributed by atoms with Gasteiger partial charge in [-0.05, 0) is 18.4 Å². The molecule has 0 spiro atoms. The number of halogens is 3. The number of carbonyl (C=O) groups excluding carboxylic acids is 1. The minimum Gasteiger partial charge on any atom is -0.465 e. The van der Waals surface area contributed by atoms with Gasteiger partial charge in [0.15, 0.2) is 0 Å². The Morgan fingerprint density at radius 1 is 1.27 bits per heavy atom. The maximum Gasteiger partial charge on any atom is 0.408 e. The number of β-amino-alcohol motifs (C(OH)–C–C–N with tert-alkyl or cyclic N) is 1. The molecule has 1 aliphatic heterocycles. The van der Waals surface area contributed by atoms with Crippen LogP contribution in [0.4, 0.5) is 19.3 Å². The maximum atomic E-state index is 14.0. The van der Waals surface area contributed by atoms with E-state index in [2.05, 4.69) is 5.32 Å². The van der Waals surface area contributed by atoms with Crippen molar-refractivity contribution in [1.82, 2.24) is 4.90 Å². The van der Waals surface area contributed by atoms with Crippen molar-refractivity contribution in [2.75, 3.05) is 11.9 Å². The Bertz CT molecular complexity index is 764. The van der Waals surface area contributed by atoms with Crippen LogP contribution >= 0.6 is 11.6 Å². The second kappa shape index (κ2) is 6.35. The first kappa shape index (κ1) is 20.4. The van der Waals surface area contributed by atoms with Gasteiger partial charge in [-0.1, -0.05) is 32.4 Å². The van der Waals surface area contributed by atoms with Crippen molar-refractivity contribution in [3.05, 3.63) is 28.8 Å². The van der Waals surface area contributed by atoms with E-state index in [1.54, 1.807) is 20.8 Å². The lowest BCUT2D eigenvalue weighted by Crippen LogP contribution is -2.62. The second-order valence-corrected chi connectivity index (χ2v) is 8.26. The number of carbonyl (C=O) groups is 2. The maximum absolute atomic E-state index is 14.0. The lowest BCUT2D eigenvalue weighted by atomic mass is 9.69. The average molecular weight is 391 g/mol. The minimum atomic E-state index is -1.67. The zero-order chi connectivity index (χ0) is 20.1. The fraction of sp³-hybridized carbons (Fsp3) is 0.529. The third-order valence-electron chi connectivity index (χ3n) is 4.70. The molecule has 0 aliphatic carbocycles. The van der Waals surface area contributed by atoms with Crippen molar-refractivity contribution < 1.29 is 28.6 Å². The summed E-state index contributed by atoms with van der Waals surface area (Å²) in [4.78, 5) is 25.7. The van der Waals surface area contributed by atoms with Crippen LogP contribution in [0.25, 0.3) is 0 Å². The van der Waals surface area contributed by atoms with Crippen LogP contribution in [0.3, 0.4) is 0 Å². The number of benzene rings is 1. The first-order valence-corrected chi connectivity index (χ1v) is 8.28. The van der Waals surface area contributed by atoms with Crippen LogP contribution in [-0.4, -0.2) is 44.8 Å². The Hall–Kier alpha value is -1.93. The van der Waals surface area contributed by atoms with Crippen LogP contribution in [0.15, 0.2) is 12.1 Å². The summed E-state index contributed by atoms with van der Waals surface area (Å²) in [6, 6.07) is 1.44. The summed E-state index contributed by atoms with van der Waals surface area (Å²) in [7, 11) is 0. The van der Waals surface area contributed by atoms with Crippen LogP contribution < -0.4 is 5.32 Å². The molecule has 1 saturated heterocycles. The van der Waals surface area contributed by atoms with Gasteiger partial charge >= 0.3 is 6.09 Å². The molecule has 0 unspecified atom stereocenters. The number of carboxylic acid groups (broad SMARTS) is 1. The van der Waals surface area contributed by atoms with E-state index < -0.39 is 40.2 Å². The van der Waals surface area contributed by atoms with E-state index in [4.69, 9.17) is 11.6 Å². The Morgan fingerprint density at radius 3 is 2.35 bits per heavy atom. The van der Waals surface area contributed by atoms with E-state index in [-0.39, 0.29) is 23.7 Å². The largest absolute Gasteiger partial charge is 0.465 e. The predicted octanol–water partition coefficient (Wildman–Crippen LogP) is 3.48. The van der Waals surface area contributed by atoms with Gasteiger partial charge in [0.1, 0.15) is 17.2 Å². The predicted molar refractivity (Wildman–Crippen MR) is 92.2 cm³/mol. The van der Waals surface area contributed by atoms with Gasteiger partial charge in [-0.25, -0.2) is 13.6 Å². The van der Waals surface area contributed by atoms with Crippen molar-refractivity contribution in [2.24, 2.45) is 5.41 Å². The molecule has 0 radical (unpaired) electrons. The van der Waals surface area contributed by atoms with E-state index in [0.29, 0.717) is 6.07 Å². The smallest absolute Gasteiger partial charge is 0.408 e. The number of anilines is 1. The van der Waals surface area contributed by atoms with Crippen LogP contribution in [0.5, 0.6) is 0 Å². The number of amides is 2. The summed E-state index contributed by atoms with van der Waals surface area (Å²) in [5, 5.41) is 21.9. The number of hydrogen-bond donors (Lipinski definition) is 3. The number of nitrogens with zero attached hydrogens (tertiary/aromatic N) is 1. The SMILES string of the molecule is CC(C)(C)[C@]1(C(=O)Nc2cc(Cl)c(F)cc2F)C[C@](C)(O)CN1C(=O)O. The van der Waals surface area contributed by atoms with Crippen molar-refractivity contribution >= 4 is 29.3 Å². The Balaban J connectivity index is 2.53. The molecular weight excluding hydrogens is 370 g/mol. The Morgan fingerprint density at radius 2 is 1.85 bits per heavy atom. The van der Waals surface area contributed by atoms with Crippen molar-refractivity contribution in [3.63, 3.8) is 0 Å². The van der Waals surface area contributed by atoms with Gasteiger partial charge in [0.25, 0.3) is 5.91 Å². The minimum absolute atomic E-state index is 0.182. The third-order valence-corrected chi connectivity index (χ3v) is 4.99. The van der Waals surface area contributed by atoms with Crippen molar-refractivity contribution in [3.8, 4) is 0 Å². The molecule has 144 valence electrons. The highest BCUT2D eigenvalue weighted by atomic mass is 35.5. The first-order valence-electron chi connectivity index (χ1n) is 7.90. The van der Waals surface area contributed by atoms with Gasteiger partial charge in [0.05, 0.1) is 22.9 Å². The van der Waals surface area contributed by atoms with Gasteiger partial charge in [0.2, 0.25) is 0 Å². The summed E-state index contributed by atoms with van der Waals surface area (Å²) in [5.41, 5.74) is -4.42. The van der Waals surface area contributed by atoms with Gasteiger partial charge < -0.3 is 15.5 Å². The van der Waals surface area contributed by atoms with E-state index in [9.17, 15) is 28.6 Å². The lowest BCUT2D eigenvalue weighted by molar-refractivity contribution is -0.132. The molecule has 9 heteroatoms. The monoisotopic (exact) mass is 390 g/mol. The van der Waals surface area contributed by atoms with Gasteiger partial charge in [-0.3, -0.25) is 9.69 Å². The van der Waals surface area contributed by atoms with E-state index in [1.165, 1.54) is 6.92 Å². The number of rotatable bonds is 2. The molecule has 0 bridgehead atoms. The molecule has 1 aliphatic rings. The second-order valence-electron chi connectivity index (χ2n) is 7.85. The zero-order valence-corrected chi connectivity index (χ0v) is 15.6. The third kappa shape index (κ3) is 3.35. The summed E-state index contributed by atoms with van der Waals surface area (Å²) in [6.45, 7) is 6.10. The fourth-order valence-electron chi connectivity index (χ4n) is 3.47.